The maximum atomic E-state index is 11.4. The van der Waals surface area contributed by atoms with E-state index in [1.54, 1.807) is 0 Å². The van der Waals surface area contributed by atoms with Gasteiger partial charge in [0.15, 0.2) is 0 Å². The van der Waals surface area contributed by atoms with Crippen molar-refractivity contribution in [3.05, 3.63) is 29.8 Å². The van der Waals surface area contributed by atoms with E-state index in [9.17, 15) is 9.59 Å². The molecule has 0 spiro atoms. The van der Waals surface area contributed by atoms with Crippen LogP contribution in [-0.4, -0.2) is 18.0 Å². The molecule has 0 amide bonds. The first kappa shape index (κ1) is 17.5. The Labute approximate surface area is 130 Å². The molecule has 116 valence electrons. The van der Waals surface area contributed by atoms with Gasteiger partial charge in [0.1, 0.15) is 5.75 Å². The molecule has 4 nitrogen and oxygen atoms in total. The van der Waals surface area contributed by atoms with Gasteiger partial charge in [-0.15, -0.1) is 0 Å². The number of rotatable bonds is 9. The first-order chi connectivity index (χ1) is 10.1. The van der Waals surface area contributed by atoms with Crippen molar-refractivity contribution in [3.8, 4) is 5.75 Å². The van der Waals surface area contributed by atoms with Crippen molar-refractivity contribution in [1.29, 1.82) is 0 Å². The van der Waals surface area contributed by atoms with Crippen molar-refractivity contribution in [2.24, 2.45) is 0 Å². The molecule has 5 heteroatoms. The Morgan fingerprint density at radius 1 is 1.00 bits per heavy atom. The molecule has 0 unspecified atom stereocenters. The van der Waals surface area contributed by atoms with E-state index in [1.165, 1.54) is 49.9 Å². The summed E-state index contributed by atoms with van der Waals surface area (Å²) in [6.07, 6.45) is 6.04. The molecule has 1 aromatic rings. The third kappa shape index (κ3) is 7.71. The number of carbonyl (C=O) groups is 2. The fourth-order valence-corrected chi connectivity index (χ4v) is 1.94. The first-order valence-electron chi connectivity index (χ1n) is 7.28. The Kier molecular flexibility index (Phi) is 8.51. The topological polar surface area (TPSA) is 52.6 Å². The zero-order valence-electron chi connectivity index (χ0n) is 12.3. The first-order valence-corrected chi connectivity index (χ1v) is 7.65. The lowest BCUT2D eigenvalue weighted by molar-refractivity contribution is 0.0973. The Morgan fingerprint density at radius 2 is 1.62 bits per heavy atom. The number of halogens is 1. The molecule has 0 bridgehead atoms. The van der Waals surface area contributed by atoms with E-state index in [0.29, 0.717) is 17.9 Å². The summed E-state index contributed by atoms with van der Waals surface area (Å²) < 4.78 is 9.95. The van der Waals surface area contributed by atoms with Crippen LogP contribution < -0.4 is 4.74 Å². The predicted octanol–water partition coefficient (Wildman–Crippen LogP) is 4.94. The van der Waals surface area contributed by atoms with E-state index < -0.39 is 11.4 Å². The standard InChI is InChI=1S/C16H21ClO4/c1-2-3-4-5-6-7-12-20-16(19)21-14-10-8-13(9-11-14)15(17)18/h8-11H,2-7,12H2,1H3. The summed E-state index contributed by atoms with van der Waals surface area (Å²) in [5.74, 6) is 0.324. The predicted molar refractivity (Wildman–Crippen MR) is 82.0 cm³/mol. The Morgan fingerprint density at radius 3 is 2.24 bits per heavy atom. The van der Waals surface area contributed by atoms with Gasteiger partial charge in [0.2, 0.25) is 0 Å². The van der Waals surface area contributed by atoms with E-state index in [0.717, 1.165) is 12.8 Å². The van der Waals surface area contributed by atoms with Crippen molar-refractivity contribution < 1.29 is 19.1 Å². The Hall–Kier alpha value is -1.55. The lowest BCUT2D eigenvalue weighted by Crippen LogP contribution is -2.11. The summed E-state index contributed by atoms with van der Waals surface area (Å²) in [5.41, 5.74) is 0.351. The summed E-state index contributed by atoms with van der Waals surface area (Å²) in [5, 5.41) is -0.549. The third-order valence-corrected chi connectivity index (χ3v) is 3.22. The zero-order chi connectivity index (χ0) is 15.5. The van der Waals surface area contributed by atoms with Gasteiger partial charge in [-0.05, 0) is 42.3 Å². The quantitative estimate of drug-likeness (QED) is 0.280. The zero-order valence-corrected chi connectivity index (χ0v) is 13.0. The summed E-state index contributed by atoms with van der Waals surface area (Å²) in [4.78, 5) is 22.3. The van der Waals surface area contributed by atoms with E-state index in [1.807, 2.05) is 0 Å². The normalized spacial score (nSPS) is 10.2. The lowest BCUT2D eigenvalue weighted by atomic mass is 10.1. The van der Waals surface area contributed by atoms with Crippen LogP contribution in [0.4, 0.5) is 4.79 Å². The van der Waals surface area contributed by atoms with Gasteiger partial charge in [0, 0.05) is 5.56 Å². The molecule has 0 saturated heterocycles. The number of hydrogen-bond acceptors (Lipinski definition) is 4. The van der Waals surface area contributed by atoms with Crippen LogP contribution in [0, 0.1) is 0 Å². The van der Waals surface area contributed by atoms with Crippen LogP contribution >= 0.6 is 11.6 Å². The summed E-state index contributed by atoms with van der Waals surface area (Å²) >= 11 is 5.32. The highest BCUT2D eigenvalue weighted by atomic mass is 35.5. The van der Waals surface area contributed by atoms with Gasteiger partial charge in [-0.2, -0.15) is 0 Å². The maximum absolute atomic E-state index is 11.4. The molecular weight excluding hydrogens is 292 g/mol. The largest absolute Gasteiger partial charge is 0.513 e. The Bertz CT molecular complexity index is 442. The van der Waals surface area contributed by atoms with Gasteiger partial charge in [-0.3, -0.25) is 4.79 Å². The molecule has 1 rings (SSSR count). The second kappa shape index (κ2) is 10.2. The van der Waals surface area contributed by atoms with Gasteiger partial charge in [0.05, 0.1) is 6.61 Å². The van der Waals surface area contributed by atoms with Crippen LogP contribution in [0.1, 0.15) is 55.8 Å². The fraction of sp³-hybridized carbons (Fsp3) is 0.500. The number of benzene rings is 1. The van der Waals surface area contributed by atoms with Crippen molar-refractivity contribution in [2.45, 2.75) is 45.4 Å². The van der Waals surface area contributed by atoms with Crippen LogP contribution in [-0.2, 0) is 4.74 Å². The van der Waals surface area contributed by atoms with Gasteiger partial charge in [0.25, 0.3) is 5.24 Å². The molecule has 21 heavy (non-hydrogen) atoms. The number of carbonyl (C=O) groups excluding carboxylic acids is 2. The van der Waals surface area contributed by atoms with Crippen LogP contribution in [0.2, 0.25) is 0 Å². The highest BCUT2D eigenvalue weighted by Crippen LogP contribution is 2.14. The summed E-state index contributed by atoms with van der Waals surface area (Å²) in [6, 6.07) is 5.99. The minimum absolute atomic E-state index is 0.324. The second-order valence-electron chi connectivity index (χ2n) is 4.77. The SMILES string of the molecule is CCCCCCCCOC(=O)Oc1ccc(C(=O)Cl)cc1. The average Bonchev–Trinajstić information content (AvgIpc) is 2.47. The molecule has 0 saturated carbocycles. The van der Waals surface area contributed by atoms with Crippen molar-refractivity contribution in [1.82, 2.24) is 0 Å². The lowest BCUT2D eigenvalue weighted by Gasteiger charge is -2.06. The molecule has 0 N–H and O–H groups in total. The summed E-state index contributed by atoms with van der Waals surface area (Å²) in [6.45, 7) is 2.54. The third-order valence-electron chi connectivity index (χ3n) is 3.00. The van der Waals surface area contributed by atoms with Gasteiger partial charge < -0.3 is 9.47 Å². The molecule has 0 heterocycles. The molecule has 1 aromatic carbocycles. The van der Waals surface area contributed by atoms with Crippen molar-refractivity contribution >= 4 is 23.0 Å². The molecule has 0 fully saturated rings. The smallest absolute Gasteiger partial charge is 0.434 e. The van der Waals surface area contributed by atoms with Gasteiger partial charge in [-0.25, -0.2) is 4.79 Å². The maximum Gasteiger partial charge on any atom is 0.513 e. The monoisotopic (exact) mass is 312 g/mol. The molecule has 0 aromatic heterocycles. The fourth-order valence-electron chi connectivity index (χ4n) is 1.82. The highest BCUT2D eigenvalue weighted by molar-refractivity contribution is 6.67. The Balaban J connectivity index is 2.17. The van der Waals surface area contributed by atoms with Crippen LogP contribution in [0.5, 0.6) is 5.75 Å². The molecule has 0 aliphatic rings. The molecular formula is C16H21ClO4. The molecule has 0 radical (unpaired) electrons. The van der Waals surface area contributed by atoms with Crippen LogP contribution in [0.15, 0.2) is 24.3 Å². The minimum atomic E-state index is -0.728. The van der Waals surface area contributed by atoms with E-state index in [2.05, 4.69) is 6.92 Å². The van der Waals surface area contributed by atoms with Gasteiger partial charge >= 0.3 is 6.16 Å². The number of unbranched alkanes of at least 4 members (excludes halogenated alkanes) is 5. The molecule has 0 atom stereocenters. The second-order valence-corrected chi connectivity index (χ2v) is 5.11. The van der Waals surface area contributed by atoms with E-state index in [-0.39, 0.29) is 0 Å². The van der Waals surface area contributed by atoms with Crippen LogP contribution in [0.3, 0.4) is 0 Å². The number of ether oxygens (including phenoxy) is 2. The van der Waals surface area contributed by atoms with Crippen LogP contribution in [0.25, 0.3) is 0 Å². The average molecular weight is 313 g/mol. The van der Waals surface area contributed by atoms with Crippen molar-refractivity contribution in [2.75, 3.05) is 6.61 Å². The number of hydrogen-bond donors (Lipinski definition) is 0. The van der Waals surface area contributed by atoms with E-state index in [4.69, 9.17) is 21.1 Å². The van der Waals surface area contributed by atoms with Crippen molar-refractivity contribution in [3.63, 3.8) is 0 Å². The highest BCUT2D eigenvalue weighted by Gasteiger charge is 2.07. The minimum Gasteiger partial charge on any atom is -0.434 e. The van der Waals surface area contributed by atoms with E-state index >= 15 is 0 Å². The molecule has 0 aliphatic heterocycles. The summed E-state index contributed by atoms with van der Waals surface area (Å²) in [7, 11) is 0. The van der Waals surface area contributed by atoms with Gasteiger partial charge in [-0.1, -0.05) is 39.0 Å². The molecule has 0 aliphatic carbocycles.